The number of rotatable bonds is 0. The molecule has 180 valence electrons. The third-order valence-electron chi connectivity index (χ3n) is 2.48. The molecule has 0 aromatic heterocycles. The fraction of sp³-hybridized carbons (Fsp3) is 0.444. The van der Waals surface area contributed by atoms with Gasteiger partial charge in [0.15, 0.2) is 0 Å². The van der Waals surface area contributed by atoms with Gasteiger partial charge < -0.3 is 14.2 Å². The molecule has 3 aliphatic rings. The van der Waals surface area contributed by atoms with Gasteiger partial charge in [-0.05, 0) is 140 Å². The van der Waals surface area contributed by atoms with E-state index in [9.17, 15) is 0 Å². The Labute approximate surface area is 262 Å². The fourth-order valence-corrected chi connectivity index (χ4v) is 1.53. The van der Waals surface area contributed by atoms with Gasteiger partial charge in [0.2, 0.25) is 0 Å². The minimum atomic E-state index is 0. The average molecular weight is 524 g/mol. The molecule has 0 aromatic carbocycles. The summed E-state index contributed by atoms with van der Waals surface area (Å²) in [6.07, 6.45) is 15.2. The second-order valence-electron chi connectivity index (χ2n) is 5.40. The predicted molar refractivity (Wildman–Crippen MR) is 147 cm³/mol. The van der Waals surface area contributed by atoms with Crippen molar-refractivity contribution in [1.82, 2.24) is 0 Å². The van der Waals surface area contributed by atoms with Crippen LogP contribution in [-0.2, 0) is 46.9 Å². The maximum Gasteiger partial charge on any atom is 0.0466 e. The van der Waals surface area contributed by atoms with Crippen LogP contribution < -0.4 is 0 Å². The quantitative estimate of drug-likeness (QED) is 0.369. The molecule has 6 heteroatoms. The summed E-state index contributed by atoms with van der Waals surface area (Å²) in [4.78, 5) is 0. The molecule has 0 spiro atoms. The van der Waals surface area contributed by atoms with E-state index in [-0.39, 0.29) is 70.4 Å². The molecular weight excluding hydrogens is 475 g/mol. The summed E-state index contributed by atoms with van der Waals surface area (Å²) in [5, 5.41) is 0. The van der Waals surface area contributed by atoms with E-state index < -0.39 is 0 Å². The Bertz CT molecular complexity index is 134. The van der Waals surface area contributed by atoms with Gasteiger partial charge in [-0.3, -0.25) is 0 Å². The van der Waals surface area contributed by atoms with Crippen molar-refractivity contribution in [3.63, 3.8) is 0 Å². The first-order chi connectivity index (χ1) is 14.6. The molecule has 0 saturated carbocycles. The van der Waals surface area contributed by atoms with E-state index in [1.54, 1.807) is 0 Å². The monoisotopic (exact) mass is 524 g/mol. The standard InChI is InChI=1S/3C4H8O.5C3H5.2Li.Y/c3*1-2-4-5-3-1;5*1-3-2;;;/h3*1-4H2;5*3H,1-2H2;;;. The summed E-state index contributed by atoms with van der Waals surface area (Å²) in [7, 11) is 0. The van der Waals surface area contributed by atoms with Crippen LogP contribution in [0, 0.1) is 101 Å². The van der Waals surface area contributed by atoms with Crippen LogP contribution in [0.1, 0.15) is 38.5 Å². The molecule has 3 aliphatic heterocycles. The van der Waals surface area contributed by atoms with E-state index in [4.69, 9.17) is 14.2 Å². The second-order valence-corrected chi connectivity index (χ2v) is 5.40. The molecule has 18 radical (unpaired) electrons. The summed E-state index contributed by atoms with van der Waals surface area (Å²) < 4.78 is 14.8. The third-order valence-corrected chi connectivity index (χ3v) is 2.48. The summed E-state index contributed by atoms with van der Waals surface area (Å²) in [6, 6.07) is 0. The Kier molecular flexibility index (Phi) is 129. The topological polar surface area (TPSA) is 27.7 Å². The zero-order valence-electron chi connectivity index (χ0n) is 22.2. The zero-order valence-corrected chi connectivity index (χ0v) is 25.1. The Balaban J connectivity index is -0.0000000362. The number of hydrogen-bond donors (Lipinski definition) is 0. The molecule has 0 bridgehead atoms. The SMILES string of the molecule is C1CCOC1.C1CCOC1.C1CCOC1.[CH2][CH][CH2].[CH2][CH][CH2].[CH2][CH][CH2].[CH2][CH][CH2].[CH2][CH][CH2].[Li].[Li].[Y]. The first-order valence-corrected chi connectivity index (χ1v) is 10.3. The molecule has 3 rings (SSSR count). The van der Waals surface area contributed by atoms with E-state index in [2.05, 4.69) is 69.2 Å². The molecule has 3 saturated heterocycles. The molecule has 3 fully saturated rings. The predicted octanol–water partition coefficient (Wildman–Crippen LogP) is 5.92. The van der Waals surface area contributed by atoms with E-state index in [1.165, 1.54) is 70.6 Å². The van der Waals surface area contributed by atoms with Gasteiger partial charge in [0.1, 0.15) is 0 Å². The van der Waals surface area contributed by atoms with Crippen LogP contribution in [-0.4, -0.2) is 77.4 Å². The zero-order chi connectivity index (χ0) is 24.1. The van der Waals surface area contributed by atoms with Gasteiger partial charge in [0.25, 0.3) is 0 Å². The normalized spacial score (nSPS) is 13.6. The Morgan fingerprint density at radius 1 is 0.333 bits per heavy atom. The van der Waals surface area contributed by atoms with Gasteiger partial charge in [0.05, 0.1) is 0 Å². The van der Waals surface area contributed by atoms with Crippen LogP contribution in [0.3, 0.4) is 0 Å². The molecule has 3 heterocycles. The maximum absolute atomic E-state index is 4.94. The average Bonchev–Trinajstić information content (AvgIpc) is 3.54. The van der Waals surface area contributed by atoms with Gasteiger partial charge in [0, 0.05) is 110 Å². The van der Waals surface area contributed by atoms with Crippen molar-refractivity contribution < 1.29 is 46.9 Å². The van der Waals surface area contributed by atoms with E-state index >= 15 is 0 Å². The van der Waals surface area contributed by atoms with Gasteiger partial charge in [-0.1, -0.05) is 0 Å². The van der Waals surface area contributed by atoms with Crippen molar-refractivity contribution in [3.8, 4) is 0 Å². The first kappa shape index (κ1) is 55.6. The number of hydrogen-bond acceptors (Lipinski definition) is 3. The Morgan fingerprint density at radius 3 is 0.455 bits per heavy atom. The Morgan fingerprint density at radius 2 is 0.424 bits per heavy atom. The molecule has 3 nitrogen and oxygen atoms in total. The third kappa shape index (κ3) is 120. The smallest absolute Gasteiger partial charge is 0.0466 e. The first-order valence-electron chi connectivity index (χ1n) is 10.3. The van der Waals surface area contributed by atoms with E-state index in [0.29, 0.717) is 0 Å². The van der Waals surface area contributed by atoms with Gasteiger partial charge >= 0.3 is 0 Å². The number of ether oxygens (including phenoxy) is 3. The van der Waals surface area contributed by atoms with Crippen LogP contribution in [0.25, 0.3) is 0 Å². The van der Waals surface area contributed by atoms with Crippen LogP contribution >= 0.6 is 0 Å². The van der Waals surface area contributed by atoms with E-state index in [0.717, 1.165) is 39.6 Å². The van der Waals surface area contributed by atoms with Gasteiger partial charge in [-0.2, -0.15) is 0 Å². The maximum atomic E-state index is 4.94. The molecule has 0 aromatic rings. The van der Waals surface area contributed by atoms with E-state index in [1.807, 2.05) is 0 Å². The van der Waals surface area contributed by atoms with Crippen LogP contribution in [0.4, 0.5) is 0 Å². The fourth-order valence-electron chi connectivity index (χ4n) is 1.53. The van der Waals surface area contributed by atoms with Crippen molar-refractivity contribution in [1.29, 1.82) is 0 Å². The van der Waals surface area contributed by atoms with Crippen molar-refractivity contribution in [3.05, 3.63) is 101 Å². The van der Waals surface area contributed by atoms with Crippen molar-refractivity contribution in [2.75, 3.05) is 39.6 Å². The van der Waals surface area contributed by atoms with Gasteiger partial charge in [-0.25, -0.2) is 0 Å². The molecule has 0 aliphatic carbocycles. The molecular formula is C27H49Li2O3Y. The summed E-state index contributed by atoms with van der Waals surface area (Å²) in [6.45, 7) is 38.5. The van der Waals surface area contributed by atoms with Crippen molar-refractivity contribution >= 4 is 37.7 Å². The van der Waals surface area contributed by atoms with Crippen LogP contribution in [0.5, 0.6) is 0 Å². The van der Waals surface area contributed by atoms with Crippen molar-refractivity contribution in [2.24, 2.45) is 0 Å². The minimum Gasteiger partial charge on any atom is -0.381 e. The molecule has 0 unspecified atom stereocenters. The summed E-state index contributed by atoms with van der Waals surface area (Å²) >= 11 is 0. The molecule has 0 amide bonds. The largest absolute Gasteiger partial charge is 0.381 e. The van der Waals surface area contributed by atoms with Crippen molar-refractivity contribution in [2.45, 2.75) is 38.5 Å². The molecule has 0 N–H and O–H groups in total. The molecule has 0 atom stereocenters. The van der Waals surface area contributed by atoms with Crippen LogP contribution in [0.15, 0.2) is 0 Å². The van der Waals surface area contributed by atoms with Crippen LogP contribution in [0.2, 0.25) is 0 Å². The molecule has 33 heavy (non-hydrogen) atoms. The second kappa shape index (κ2) is 76.5. The summed E-state index contributed by atoms with van der Waals surface area (Å²) in [5.74, 6) is 0. The summed E-state index contributed by atoms with van der Waals surface area (Å²) in [5.41, 5.74) is 0. The Hall–Kier alpha value is 2.18. The van der Waals surface area contributed by atoms with Gasteiger partial charge in [-0.15, -0.1) is 0 Å². The minimum absolute atomic E-state index is 0.